The van der Waals surface area contributed by atoms with Gasteiger partial charge in [-0.25, -0.2) is 8.78 Å². The van der Waals surface area contributed by atoms with Gasteiger partial charge >= 0.3 is 0 Å². The minimum Gasteiger partial charge on any atom is -0.325 e. The molecule has 0 saturated carbocycles. The number of hydrogen-bond acceptors (Lipinski definition) is 3. The van der Waals surface area contributed by atoms with E-state index in [0.29, 0.717) is 12.0 Å². The number of piperidine rings is 1. The highest BCUT2D eigenvalue weighted by Gasteiger charge is 2.34. The van der Waals surface area contributed by atoms with Gasteiger partial charge in [-0.15, -0.1) is 0 Å². The molecule has 2 aliphatic heterocycles. The normalized spacial score (nSPS) is 25.6. The van der Waals surface area contributed by atoms with Crippen molar-refractivity contribution in [2.24, 2.45) is 5.92 Å². The fourth-order valence-electron chi connectivity index (χ4n) is 3.24. The summed E-state index contributed by atoms with van der Waals surface area (Å²) >= 11 is 0. The van der Waals surface area contributed by atoms with Gasteiger partial charge in [0.1, 0.15) is 0 Å². The van der Waals surface area contributed by atoms with Crippen molar-refractivity contribution >= 4 is 11.6 Å². The second-order valence-electron chi connectivity index (χ2n) is 5.83. The van der Waals surface area contributed by atoms with Crippen LogP contribution in [0.25, 0.3) is 0 Å². The molecule has 21 heavy (non-hydrogen) atoms. The van der Waals surface area contributed by atoms with Crippen LogP contribution < -0.4 is 10.6 Å². The van der Waals surface area contributed by atoms with Gasteiger partial charge in [-0.1, -0.05) is 0 Å². The second kappa shape index (κ2) is 6.07. The lowest BCUT2D eigenvalue weighted by atomic mass is 9.94. The fourth-order valence-corrected chi connectivity index (χ4v) is 3.24. The SMILES string of the molecule is O=C(CN1CC2CCCNC2C1)Nc1ccc(F)c(F)c1. The van der Waals surface area contributed by atoms with E-state index >= 15 is 0 Å². The third-order valence-electron chi connectivity index (χ3n) is 4.25. The Kier molecular flexibility index (Phi) is 4.17. The lowest BCUT2D eigenvalue weighted by Crippen LogP contribution is -2.41. The van der Waals surface area contributed by atoms with E-state index in [-0.39, 0.29) is 18.1 Å². The average Bonchev–Trinajstić information content (AvgIpc) is 2.84. The first-order valence-corrected chi connectivity index (χ1v) is 7.32. The first kappa shape index (κ1) is 14.4. The van der Waals surface area contributed by atoms with Gasteiger partial charge in [0.25, 0.3) is 0 Å². The topological polar surface area (TPSA) is 44.4 Å². The van der Waals surface area contributed by atoms with Crippen molar-refractivity contribution in [1.82, 2.24) is 10.2 Å². The number of rotatable bonds is 3. The number of amides is 1. The van der Waals surface area contributed by atoms with Gasteiger partial charge in [-0.3, -0.25) is 9.69 Å². The number of halogens is 2. The van der Waals surface area contributed by atoms with Crippen LogP contribution in [-0.4, -0.2) is 43.0 Å². The largest absolute Gasteiger partial charge is 0.325 e. The van der Waals surface area contributed by atoms with Crippen molar-refractivity contribution in [2.45, 2.75) is 18.9 Å². The van der Waals surface area contributed by atoms with Gasteiger partial charge in [-0.2, -0.15) is 0 Å². The zero-order valence-electron chi connectivity index (χ0n) is 11.7. The molecular formula is C15H19F2N3O. The molecule has 1 aromatic rings. The Morgan fingerprint density at radius 3 is 2.95 bits per heavy atom. The molecule has 2 aliphatic rings. The van der Waals surface area contributed by atoms with Crippen LogP contribution in [0.1, 0.15) is 12.8 Å². The fraction of sp³-hybridized carbons (Fsp3) is 0.533. The molecule has 3 rings (SSSR count). The number of fused-ring (bicyclic) bond motifs is 1. The summed E-state index contributed by atoms with van der Waals surface area (Å²) in [6.45, 7) is 3.13. The molecule has 2 heterocycles. The summed E-state index contributed by atoms with van der Waals surface area (Å²) in [6.07, 6.45) is 2.40. The number of benzene rings is 1. The Bertz CT molecular complexity index is 524. The number of carbonyl (C=O) groups is 1. The Labute approximate surface area is 122 Å². The maximum absolute atomic E-state index is 13.1. The van der Waals surface area contributed by atoms with Gasteiger partial charge in [0, 0.05) is 30.9 Å². The molecule has 114 valence electrons. The van der Waals surface area contributed by atoms with Crippen LogP contribution in [-0.2, 0) is 4.79 Å². The van der Waals surface area contributed by atoms with E-state index in [1.807, 2.05) is 0 Å². The highest BCUT2D eigenvalue weighted by Crippen LogP contribution is 2.24. The van der Waals surface area contributed by atoms with E-state index in [1.165, 1.54) is 18.9 Å². The summed E-state index contributed by atoms with van der Waals surface area (Å²) < 4.78 is 25.9. The zero-order chi connectivity index (χ0) is 14.8. The monoisotopic (exact) mass is 295 g/mol. The molecule has 6 heteroatoms. The molecule has 1 aromatic carbocycles. The molecule has 2 atom stereocenters. The maximum Gasteiger partial charge on any atom is 0.238 e. The number of anilines is 1. The molecule has 2 fully saturated rings. The molecule has 2 unspecified atom stereocenters. The van der Waals surface area contributed by atoms with Crippen LogP contribution in [0, 0.1) is 17.6 Å². The Balaban J connectivity index is 1.53. The summed E-state index contributed by atoms with van der Waals surface area (Å²) in [4.78, 5) is 14.1. The maximum atomic E-state index is 13.1. The smallest absolute Gasteiger partial charge is 0.238 e. The Morgan fingerprint density at radius 2 is 2.19 bits per heavy atom. The highest BCUT2D eigenvalue weighted by molar-refractivity contribution is 5.92. The lowest BCUT2D eigenvalue weighted by Gasteiger charge is -2.24. The van der Waals surface area contributed by atoms with Crippen molar-refractivity contribution in [3.05, 3.63) is 29.8 Å². The van der Waals surface area contributed by atoms with Crippen LogP contribution >= 0.6 is 0 Å². The summed E-state index contributed by atoms with van der Waals surface area (Å²) in [5.74, 6) is -1.44. The van der Waals surface area contributed by atoms with E-state index in [0.717, 1.165) is 31.8 Å². The lowest BCUT2D eigenvalue weighted by molar-refractivity contribution is -0.117. The number of hydrogen-bond donors (Lipinski definition) is 2. The second-order valence-corrected chi connectivity index (χ2v) is 5.83. The first-order chi connectivity index (χ1) is 10.1. The third-order valence-corrected chi connectivity index (χ3v) is 4.25. The predicted molar refractivity (Wildman–Crippen MR) is 75.9 cm³/mol. The number of nitrogens with one attached hydrogen (secondary N) is 2. The molecule has 2 N–H and O–H groups in total. The average molecular weight is 295 g/mol. The van der Waals surface area contributed by atoms with Crippen LogP contribution in [0.3, 0.4) is 0 Å². The molecule has 0 bridgehead atoms. The van der Waals surface area contributed by atoms with E-state index in [1.54, 1.807) is 0 Å². The summed E-state index contributed by atoms with van der Waals surface area (Å²) in [7, 11) is 0. The van der Waals surface area contributed by atoms with Crippen molar-refractivity contribution in [3.8, 4) is 0 Å². The molecule has 1 amide bonds. The number of nitrogens with zero attached hydrogens (tertiary/aromatic N) is 1. The van der Waals surface area contributed by atoms with Gasteiger partial charge in [-0.05, 0) is 37.4 Å². The van der Waals surface area contributed by atoms with E-state index in [9.17, 15) is 13.6 Å². The van der Waals surface area contributed by atoms with Crippen LogP contribution in [0.4, 0.5) is 14.5 Å². The Morgan fingerprint density at radius 1 is 1.33 bits per heavy atom. The number of likely N-dealkylation sites (tertiary alicyclic amines) is 1. The zero-order valence-corrected chi connectivity index (χ0v) is 11.7. The van der Waals surface area contributed by atoms with E-state index in [2.05, 4.69) is 15.5 Å². The van der Waals surface area contributed by atoms with Gasteiger partial charge < -0.3 is 10.6 Å². The van der Waals surface area contributed by atoms with Crippen LogP contribution in [0.15, 0.2) is 18.2 Å². The Hall–Kier alpha value is -1.53. The highest BCUT2D eigenvalue weighted by atomic mass is 19.2. The van der Waals surface area contributed by atoms with Crippen LogP contribution in [0.5, 0.6) is 0 Å². The molecule has 4 nitrogen and oxygen atoms in total. The number of carbonyl (C=O) groups excluding carboxylic acids is 1. The summed E-state index contributed by atoms with van der Waals surface area (Å²) in [5.41, 5.74) is 0.286. The summed E-state index contributed by atoms with van der Waals surface area (Å²) in [6, 6.07) is 3.86. The van der Waals surface area contributed by atoms with E-state index in [4.69, 9.17) is 0 Å². The minimum atomic E-state index is -0.954. The third kappa shape index (κ3) is 3.39. The quantitative estimate of drug-likeness (QED) is 0.890. The first-order valence-electron chi connectivity index (χ1n) is 7.32. The van der Waals surface area contributed by atoms with Gasteiger partial charge in [0.15, 0.2) is 11.6 Å². The standard InChI is InChI=1S/C15H19F2N3O/c16-12-4-3-11(6-13(12)17)19-15(21)9-20-7-10-2-1-5-18-14(10)8-20/h3-4,6,10,14,18H,1-2,5,7-9H2,(H,19,21). The summed E-state index contributed by atoms with van der Waals surface area (Å²) in [5, 5.41) is 6.09. The molecule has 0 aromatic heterocycles. The molecule has 2 saturated heterocycles. The van der Waals surface area contributed by atoms with Crippen LogP contribution in [0.2, 0.25) is 0 Å². The molecule has 0 radical (unpaired) electrons. The van der Waals surface area contributed by atoms with Gasteiger partial charge in [0.2, 0.25) is 5.91 Å². The van der Waals surface area contributed by atoms with Gasteiger partial charge in [0.05, 0.1) is 6.54 Å². The molecule has 0 spiro atoms. The molecular weight excluding hydrogens is 276 g/mol. The van der Waals surface area contributed by atoms with Crippen molar-refractivity contribution in [2.75, 3.05) is 31.5 Å². The minimum absolute atomic E-state index is 0.195. The predicted octanol–water partition coefficient (Wildman–Crippen LogP) is 1.59. The van der Waals surface area contributed by atoms with Crippen molar-refractivity contribution in [1.29, 1.82) is 0 Å². The van der Waals surface area contributed by atoms with E-state index < -0.39 is 11.6 Å². The molecule has 0 aliphatic carbocycles. The van der Waals surface area contributed by atoms with Crippen molar-refractivity contribution < 1.29 is 13.6 Å². The van der Waals surface area contributed by atoms with Crippen molar-refractivity contribution in [3.63, 3.8) is 0 Å².